The molecule has 40 heavy (non-hydrogen) atoms. The second kappa shape index (κ2) is 11.5. The van der Waals surface area contributed by atoms with Crippen molar-refractivity contribution in [3.63, 3.8) is 0 Å². The average molecular weight is 575 g/mol. The Bertz CT molecular complexity index is 1390. The number of hydrogen-bond acceptors (Lipinski definition) is 4. The van der Waals surface area contributed by atoms with Crippen LogP contribution in [0.5, 0.6) is 5.75 Å². The quantitative estimate of drug-likeness (QED) is 0.268. The lowest BCUT2D eigenvalue weighted by Crippen LogP contribution is -2.47. The molecule has 0 saturated carbocycles. The van der Waals surface area contributed by atoms with E-state index in [0.717, 1.165) is 11.1 Å². The third kappa shape index (κ3) is 6.39. The van der Waals surface area contributed by atoms with Crippen molar-refractivity contribution >= 4 is 29.4 Å². The van der Waals surface area contributed by atoms with E-state index in [4.69, 9.17) is 11.6 Å². The lowest BCUT2D eigenvalue weighted by molar-refractivity contribution is -0.275. The standard InChI is InChI=1S/C29H27ClF4N4O2/c30-25-17-21(10-13-35-25)18-36-27(39)38-19-28(26-23(38)4-1-5-24(26)40-29(32,33)34)11-15-37(16-12-28)14-2-3-20-6-8-22(31)9-7-20/h1-10,13,17H,11-12,14-16,18-19H2,(H,36,39)/b3-2+. The number of aromatic nitrogens is 1. The summed E-state index contributed by atoms with van der Waals surface area (Å²) in [6.45, 7) is 2.31. The van der Waals surface area contributed by atoms with Crippen molar-refractivity contribution in [2.75, 3.05) is 31.1 Å². The molecule has 0 radical (unpaired) electrons. The van der Waals surface area contributed by atoms with Crippen molar-refractivity contribution in [3.8, 4) is 5.75 Å². The predicted octanol–water partition coefficient (Wildman–Crippen LogP) is 6.55. The summed E-state index contributed by atoms with van der Waals surface area (Å²) >= 11 is 5.94. The van der Waals surface area contributed by atoms with Crippen LogP contribution in [0.4, 0.5) is 28.0 Å². The molecule has 0 bridgehead atoms. The molecule has 0 atom stereocenters. The fourth-order valence-corrected chi connectivity index (χ4v) is 5.64. The van der Waals surface area contributed by atoms with Crippen LogP contribution < -0.4 is 15.0 Å². The number of ether oxygens (including phenoxy) is 1. The first kappa shape index (κ1) is 27.9. The Balaban J connectivity index is 1.33. The number of carbonyl (C=O) groups excluding carboxylic acids is 1. The van der Waals surface area contributed by atoms with Crippen molar-refractivity contribution in [2.24, 2.45) is 0 Å². The molecule has 2 amide bonds. The van der Waals surface area contributed by atoms with E-state index >= 15 is 0 Å². The highest BCUT2D eigenvalue weighted by molar-refractivity contribution is 6.29. The lowest BCUT2D eigenvalue weighted by Gasteiger charge is -2.40. The van der Waals surface area contributed by atoms with Crippen molar-refractivity contribution in [1.29, 1.82) is 0 Å². The fraction of sp³-hybridized carbons (Fsp3) is 0.310. The molecule has 1 N–H and O–H groups in total. The topological polar surface area (TPSA) is 57.7 Å². The third-order valence-corrected chi connectivity index (χ3v) is 7.56. The number of halogens is 5. The van der Waals surface area contributed by atoms with Crippen LogP contribution in [0.15, 0.2) is 66.9 Å². The molecular weight excluding hydrogens is 548 g/mol. The molecule has 1 aromatic heterocycles. The van der Waals surface area contributed by atoms with Gasteiger partial charge in [-0.3, -0.25) is 9.80 Å². The molecule has 1 fully saturated rings. The van der Waals surface area contributed by atoms with E-state index in [9.17, 15) is 22.4 Å². The summed E-state index contributed by atoms with van der Waals surface area (Å²) in [4.78, 5) is 20.9. The Hall–Kier alpha value is -3.63. The van der Waals surface area contributed by atoms with E-state index in [-0.39, 0.29) is 24.7 Å². The second-order valence-corrected chi connectivity index (χ2v) is 10.4. The molecule has 3 heterocycles. The van der Waals surface area contributed by atoms with Crippen molar-refractivity contribution in [3.05, 3.63) is 94.5 Å². The van der Waals surface area contributed by atoms with Crippen LogP contribution in [-0.2, 0) is 12.0 Å². The van der Waals surface area contributed by atoms with E-state index in [1.165, 1.54) is 35.4 Å². The Morgan fingerprint density at radius 3 is 2.58 bits per heavy atom. The average Bonchev–Trinajstić information content (AvgIpc) is 3.24. The summed E-state index contributed by atoms with van der Waals surface area (Å²) < 4.78 is 57.7. The molecule has 0 unspecified atom stereocenters. The minimum absolute atomic E-state index is 0.187. The molecular formula is C29H27ClF4N4O2. The zero-order valence-electron chi connectivity index (χ0n) is 21.4. The molecule has 1 spiro atoms. The Morgan fingerprint density at radius 1 is 1.12 bits per heavy atom. The molecule has 210 valence electrons. The number of rotatable bonds is 6. The van der Waals surface area contributed by atoms with Crippen LogP contribution in [0, 0.1) is 5.82 Å². The van der Waals surface area contributed by atoms with Crippen LogP contribution in [0.25, 0.3) is 6.08 Å². The van der Waals surface area contributed by atoms with Gasteiger partial charge in [-0.25, -0.2) is 14.2 Å². The van der Waals surface area contributed by atoms with Gasteiger partial charge in [0.2, 0.25) is 0 Å². The Labute approximate surface area is 234 Å². The summed E-state index contributed by atoms with van der Waals surface area (Å²) in [6, 6.07) is 13.6. The molecule has 3 aromatic rings. The van der Waals surface area contributed by atoms with Gasteiger partial charge in [-0.05, 0) is 73.5 Å². The number of amides is 2. The number of urea groups is 1. The monoisotopic (exact) mass is 574 g/mol. The maximum atomic E-state index is 13.4. The first-order chi connectivity index (χ1) is 19.1. The maximum absolute atomic E-state index is 13.4. The van der Waals surface area contributed by atoms with Gasteiger partial charge in [0.15, 0.2) is 0 Å². The van der Waals surface area contributed by atoms with Crippen LogP contribution >= 0.6 is 11.6 Å². The summed E-state index contributed by atoms with van der Waals surface area (Å²) in [5, 5.41) is 3.15. The molecule has 2 aliphatic rings. The molecule has 2 aliphatic heterocycles. The number of fused-ring (bicyclic) bond motifs is 2. The van der Waals surface area contributed by atoms with Crippen LogP contribution in [-0.4, -0.2) is 48.5 Å². The Morgan fingerprint density at radius 2 is 1.88 bits per heavy atom. The van der Waals surface area contributed by atoms with Gasteiger partial charge in [-0.15, -0.1) is 13.2 Å². The number of anilines is 1. The van der Waals surface area contributed by atoms with E-state index in [0.29, 0.717) is 48.9 Å². The number of carbonyl (C=O) groups is 1. The molecule has 2 aromatic carbocycles. The van der Waals surface area contributed by atoms with E-state index in [1.54, 1.807) is 30.3 Å². The first-order valence-electron chi connectivity index (χ1n) is 12.8. The highest BCUT2D eigenvalue weighted by Gasteiger charge is 2.49. The molecule has 1 saturated heterocycles. The van der Waals surface area contributed by atoms with Crippen molar-refractivity contribution < 1.29 is 27.1 Å². The van der Waals surface area contributed by atoms with Crippen LogP contribution in [0.3, 0.4) is 0 Å². The summed E-state index contributed by atoms with van der Waals surface area (Å²) in [7, 11) is 0. The van der Waals surface area contributed by atoms with Gasteiger partial charge in [0.25, 0.3) is 0 Å². The van der Waals surface area contributed by atoms with Gasteiger partial charge in [0.1, 0.15) is 16.7 Å². The van der Waals surface area contributed by atoms with Crippen molar-refractivity contribution in [1.82, 2.24) is 15.2 Å². The Kier molecular flexibility index (Phi) is 8.00. The van der Waals surface area contributed by atoms with E-state index in [1.807, 2.05) is 12.2 Å². The van der Waals surface area contributed by atoms with Crippen LogP contribution in [0.2, 0.25) is 5.15 Å². The van der Waals surface area contributed by atoms with Crippen molar-refractivity contribution in [2.45, 2.75) is 31.2 Å². The third-order valence-electron chi connectivity index (χ3n) is 7.35. The smallest absolute Gasteiger partial charge is 0.405 e. The summed E-state index contributed by atoms with van der Waals surface area (Å²) in [5.74, 6) is -0.570. The van der Waals surface area contributed by atoms with Gasteiger partial charge >= 0.3 is 12.4 Å². The number of nitrogens with zero attached hydrogens (tertiary/aromatic N) is 3. The number of piperidine rings is 1. The normalized spacial score (nSPS) is 16.9. The highest BCUT2D eigenvalue weighted by atomic mass is 35.5. The SMILES string of the molecule is O=C(NCc1ccnc(Cl)c1)N1CC2(CCN(C/C=C/c3ccc(F)cc3)CC2)c2c(OC(F)(F)F)cccc21. The molecule has 5 rings (SSSR count). The maximum Gasteiger partial charge on any atom is 0.573 e. The zero-order chi connectivity index (χ0) is 28.3. The molecule has 11 heteroatoms. The number of alkyl halides is 3. The minimum atomic E-state index is -4.86. The summed E-state index contributed by atoms with van der Waals surface area (Å²) in [6.07, 6.45) is 1.66. The van der Waals surface area contributed by atoms with Gasteiger partial charge < -0.3 is 10.1 Å². The fourth-order valence-electron chi connectivity index (χ4n) is 5.44. The number of likely N-dealkylation sites (tertiary alicyclic amines) is 1. The largest absolute Gasteiger partial charge is 0.573 e. The number of nitrogens with one attached hydrogen (secondary N) is 1. The first-order valence-corrected chi connectivity index (χ1v) is 13.2. The summed E-state index contributed by atoms with van der Waals surface area (Å²) in [5.41, 5.74) is 1.77. The van der Waals surface area contributed by atoms with Gasteiger partial charge in [-0.1, -0.05) is 42.0 Å². The van der Waals surface area contributed by atoms with Crippen LogP contribution in [0.1, 0.15) is 29.5 Å². The number of pyridine rings is 1. The minimum Gasteiger partial charge on any atom is -0.405 e. The molecule has 0 aliphatic carbocycles. The predicted molar refractivity (Wildman–Crippen MR) is 145 cm³/mol. The van der Waals surface area contributed by atoms with Gasteiger partial charge in [0, 0.05) is 36.8 Å². The van der Waals surface area contributed by atoms with E-state index in [2.05, 4.69) is 19.9 Å². The van der Waals surface area contributed by atoms with E-state index < -0.39 is 17.8 Å². The molecule has 6 nitrogen and oxygen atoms in total. The highest BCUT2D eigenvalue weighted by Crippen LogP contribution is 2.52. The van der Waals surface area contributed by atoms with Gasteiger partial charge in [0.05, 0.1) is 5.69 Å². The van der Waals surface area contributed by atoms with Gasteiger partial charge in [-0.2, -0.15) is 0 Å². The lowest BCUT2D eigenvalue weighted by atomic mass is 9.74. The number of hydrogen-bond donors (Lipinski definition) is 1. The second-order valence-electron chi connectivity index (χ2n) is 9.96. The number of benzene rings is 2. The zero-order valence-corrected chi connectivity index (χ0v) is 22.2.